The van der Waals surface area contributed by atoms with Crippen molar-refractivity contribution in [3.8, 4) is 6.07 Å². The zero-order valence-corrected chi connectivity index (χ0v) is 33.7. The van der Waals surface area contributed by atoms with Crippen LogP contribution >= 0.6 is 11.6 Å². The number of piperidine rings is 2. The van der Waals surface area contributed by atoms with Crippen LogP contribution in [-0.2, 0) is 16.0 Å². The molecule has 14 nitrogen and oxygen atoms in total. The lowest BCUT2D eigenvalue weighted by atomic mass is 9.95. The molecule has 15 heteroatoms. The average molecular weight is 808 g/mol. The minimum absolute atomic E-state index is 0.0972. The fourth-order valence-electron chi connectivity index (χ4n) is 8.68. The number of imide groups is 2. The summed E-state index contributed by atoms with van der Waals surface area (Å²) in [4.78, 5) is 70.9. The van der Waals surface area contributed by atoms with E-state index < -0.39 is 23.8 Å². The zero-order chi connectivity index (χ0) is 40.8. The van der Waals surface area contributed by atoms with Gasteiger partial charge in [-0.1, -0.05) is 50.3 Å². The maximum absolute atomic E-state index is 13.3. The van der Waals surface area contributed by atoms with E-state index in [1.165, 1.54) is 12.0 Å². The number of hydrogen-bond acceptors (Lipinski definition) is 11. The van der Waals surface area contributed by atoms with Gasteiger partial charge in [-0.3, -0.25) is 39.1 Å². The Bertz CT molecular complexity index is 2070. The molecule has 0 spiro atoms. The van der Waals surface area contributed by atoms with Gasteiger partial charge in [0.15, 0.2) is 11.5 Å². The van der Waals surface area contributed by atoms with E-state index in [-0.39, 0.29) is 30.7 Å². The molecule has 5 heterocycles. The Hall–Kier alpha value is -5.39. The van der Waals surface area contributed by atoms with Crippen molar-refractivity contribution in [2.75, 3.05) is 49.1 Å². The first-order chi connectivity index (χ1) is 28.1. The van der Waals surface area contributed by atoms with Crippen molar-refractivity contribution < 1.29 is 24.0 Å². The van der Waals surface area contributed by atoms with Gasteiger partial charge in [-0.25, -0.2) is 0 Å². The van der Waals surface area contributed by atoms with Crippen molar-refractivity contribution in [2.24, 2.45) is 0 Å². The highest BCUT2D eigenvalue weighted by Crippen LogP contribution is 2.32. The molecule has 304 valence electrons. The SMILES string of the molecule is CCCc1ccc(C#N)c(Cl)c1.O=C1CCC(N2C(=O)c3ccc(N4CCN(C5CCN(c6ccc(C(=O)NC7CCCCC7)nn6)CC5)CC4)cc3C2=O)C(=O)N1. The number of carbonyl (C=O) groups excluding carboxylic acids is 5. The number of nitrogens with zero attached hydrogens (tertiary/aromatic N) is 7. The smallest absolute Gasteiger partial charge is 0.272 e. The van der Waals surface area contributed by atoms with E-state index in [1.54, 1.807) is 24.3 Å². The normalized spacial score (nSPS) is 20.6. The van der Waals surface area contributed by atoms with Crippen LogP contribution < -0.4 is 20.4 Å². The monoisotopic (exact) mass is 807 g/mol. The predicted molar refractivity (Wildman–Crippen MR) is 219 cm³/mol. The van der Waals surface area contributed by atoms with Crippen LogP contribution in [0.4, 0.5) is 11.5 Å². The number of nitrogens with one attached hydrogen (secondary N) is 2. The molecule has 3 aromatic rings. The first-order valence-corrected chi connectivity index (χ1v) is 20.9. The number of carbonyl (C=O) groups is 5. The second kappa shape index (κ2) is 18.5. The number of aromatic nitrogens is 2. The lowest BCUT2D eigenvalue weighted by Crippen LogP contribution is -2.54. The minimum atomic E-state index is -0.965. The van der Waals surface area contributed by atoms with Gasteiger partial charge in [0.1, 0.15) is 12.1 Å². The highest BCUT2D eigenvalue weighted by Gasteiger charge is 2.45. The summed E-state index contributed by atoms with van der Waals surface area (Å²) in [5.41, 5.74) is 3.61. The van der Waals surface area contributed by atoms with E-state index in [2.05, 4.69) is 42.5 Å². The van der Waals surface area contributed by atoms with Crippen molar-refractivity contribution in [3.05, 3.63) is 81.5 Å². The summed E-state index contributed by atoms with van der Waals surface area (Å²) in [5, 5.41) is 23.1. The van der Waals surface area contributed by atoms with Crippen LogP contribution in [0.2, 0.25) is 5.02 Å². The molecule has 1 atom stereocenters. The van der Waals surface area contributed by atoms with Gasteiger partial charge < -0.3 is 15.1 Å². The van der Waals surface area contributed by atoms with Gasteiger partial charge in [0.25, 0.3) is 17.7 Å². The summed E-state index contributed by atoms with van der Waals surface area (Å²) in [6.07, 6.45) is 10.0. The van der Waals surface area contributed by atoms with Crippen LogP contribution in [0.3, 0.4) is 0 Å². The first kappa shape index (κ1) is 40.8. The van der Waals surface area contributed by atoms with Gasteiger partial charge in [0.2, 0.25) is 11.8 Å². The third kappa shape index (κ3) is 9.16. The van der Waals surface area contributed by atoms with Gasteiger partial charge in [-0.05, 0) is 86.6 Å². The Balaban J connectivity index is 0.000000368. The molecule has 2 N–H and O–H groups in total. The molecular formula is C43H50ClN9O5. The number of benzene rings is 2. The standard InChI is InChI=1S/C33H40N8O5.C10H10ClN/c42-29-11-9-27(31(44)35-29)41-32(45)24-7-6-23(20-25(24)33(41)46)39-18-16-38(17-19-39)22-12-14-40(15-13-22)28-10-8-26(36-37-28)30(43)34-21-4-2-1-3-5-21;1-2-3-8-4-5-9(7-12)10(11)6-8/h6-8,10,20-22,27H,1-5,9,11-19H2,(H,34,43)(H,35,42,44);4-6H,2-3H2,1H3. The Morgan fingerprint density at radius 1 is 0.845 bits per heavy atom. The third-order valence-electron chi connectivity index (χ3n) is 11.9. The number of nitriles is 1. The molecule has 1 aromatic heterocycles. The van der Waals surface area contributed by atoms with Crippen LogP contribution in [0, 0.1) is 11.3 Å². The number of fused-ring (bicyclic) bond motifs is 1. The van der Waals surface area contributed by atoms with E-state index in [0.717, 1.165) is 107 Å². The highest BCUT2D eigenvalue weighted by molar-refractivity contribution is 6.31. The molecule has 0 radical (unpaired) electrons. The lowest BCUT2D eigenvalue weighted by molar-refractivity contribution is -0.136. The fraction of sp³-hybridized carbons (Fsp3) is 0.488. The molecule has 8 rings (SSSR count). The number of aryl methyl sites for hydroxylation is 1. The molecule has 58 heavy (non-hydrogen) atoms. The van der Waals surface area contributed by atoms with E-state index >= 15 is 0 Å². The van der Waals surface area contributed by atoms with Gasteiger partial charge in [0.05, 0.1) is 21.7 Å². The molecule has 3 saturated heterocycles. The summed E-state index contributed by atoms with van der Waals surface area (Å²) >= 11 is 5.84. The molecule has 1 unspecified atom stereocenters. The number of anilines is 2. The van der Waals surface area contributed by atoms with E-state index in [1.807, 2.05) is 30.3 Å². The second-order valence-corrected chi connectivity index (χ2v) is 16.1. The molecule has 2 aromatic carbocycles. The predicted octanol–water partition coefficient (Wildman–Crippen LogP) is 4.90. The maximum atomic E-state index is 13.3. The maximum Gasteiger partial charge on any atom is 0.272 e. The summed E-state index contributed by atoms with van der Waals surface area (Å²) in [6.45, 7) is 7.24. The quantitative estimate of drug-likeness (QED) is 0.297. The highest BCUT2D eigenvalue weighted by atomic mass is 35.5. The molecule has 5 amide bonds. The number of halogens is 1. The molecule has 0 bridgehead atoms. The number of piperazine rings is 1. The summed E-state index contributed by atoms with van der Waals surface area (Å²) in [7, 11) is 0. The Labute approximate surface area is 343 Å². The van der Waals surface area contributed by atoms with Crippen molar-refractivity contribution >= 4 is 52.6 Å². The molecule has 5 aliphatic rings. The van der Waals surface area contributed by atoms with Crippen LogP contribution in [0.25, 0.3) is 0 Å². The van der Waals surface area contributed by atoms with Gasteiger partial charge in [-0.15, -0.1) is 10.2 Å². The average Bonchev–Trinajstić information content (AvgIpc) is 3.49. The van der Waals surface area contributed by atoms with Crippen LogP contribution in [0.15, 0.2) is 48.5 Å². The van der Waals surface area contributed by atoms with E-state index in [0.29, 0.717) is 33.4 Å². The van der Waals surface area contributed by atoms with E-state index in [9.17, 15) is 24.0 Å². The molecule has 1 aliphatic carbocycles. The van der Waals surface area contributed by atoms with Crippen molar-refractivity contribution in [1.29, 1.82) is 5.26 Å². The Kier molecular flexibility index (Phi) is 13.0. The van der Waals surface area contributed by atoms with Crippen molar-refractivity contribution in [1.82, 2.24) is 30.6 Å². The number of hydrogen-bond donors (Lipinski definition) is 2. The van der Waals surface area contributed by atoms with Gasteiger partial charge in [-0.2, -0.15) is 5.26 Å². The van der Waals surface area contributed by atoms with Crippen LogP contribution in [0.5, 0.6) is 0 Å². The minimum Gasteiger partial charge on any atom is -0.369 e. The fourth-order valence-corrected chi connectivity index (χ4v) is 8.92. The van der Waals surface area contributed by atoms with Gasteiger partial charge >= 0.3 is 0 Å². The second-order valence-electron chi connectivity index (χ2n) is 15.7. The van der Waals surface area contributed by atoms with Crippen molar-refractivity contribution in [3.63, 3.8) is 0 Å². The number of rotatable bonds is 8. The summed E-state index contributed by atoms with van der Waals surface area (Å²) < 4.78 is 0. The van der Waals surface area contributed by atoms with E-state index in [4.69, 9.17) is 16.9 Å². The molecule has 1 saturated carbocycles. The Morgan fingerprint density at radius 2 is 1.59 bits per heavy atom. The molecule has 4 aliphatic heterocycles. The third-order valence-corrected chi connectivity index (χ3v) is 12.2. The van der Waals surface area contributed by atoms with Crippen LogP contribution in [-0.4, -0.2) is 107 Å². The summed E-state index contributed by atoms with van der Waals surface area (Å²) in [6, 6.07) is 16.4. The Morgan fingerprint density at radius 3 is 2.24 bits per heavy atom. The van der Waals surface area contributed by atoms with Gasteiger partial charge in [0, 0.05) is 63.5 Å². The molecular weight excluding hydrogens is 758 g/mol. The lowest BCUT2D eigenvalue weighted by Gasteiger charge is -2.43. The van der Waals surface area contributed by atoms with Crippen LogP contribution in [0.1, 0.15) is 113 Å². The zero-order valence-electron chi connectivity index (χ0n) is 32.9. The summed E-state index contributed by atoms with van der Waals surface area (Å²) in [5.74, 6) is -1.30. The first-order valence-electron chi connectivity index (χ1n) is 20.6. The number of amides is 5. The topological polar surface area (TPSA) is 172 Å². The molecule has 4 fully saturated rings. The van der Waals surface area contributed by atoms with Crippen molar-refractivity contribution in [2.45, 2.75) is 95.7 Å². The largest absolute Gasteiger partial charge is 0.369 e.